The van der Waals surface area contributed by atoms with Gasteiger partial charge in [-0.05, 0) is 97.2 Å². The van der Waals surface area contributed by atoms with Crippen LogP contribution in [0.5, 0.6) is 0 Å². The van der Waals surface area contributed by atoms with E-state index >= 15 is 0 Å². The summed E-state index contributed by atoms with van der Waals surface area (Å²) >= 11 is 0. The minimum Gasteiger partial charge on any atom is -0.302 e. The van der Waals surface area contributed by atoms with Gasteiger partial charge in [0.25, 0.3) is 0 Å². The minimum absolute atomic E-state index is 0.0685. The lowest BCUT2D eigenvalue weighted by molar-refractivity contribution is 0.730. The van der Waals surface area contributed by atoms with Gasteiger partial charge in [-0.3, -0.25) is 4.57 Å². The summed E-state index contributed by atoms with van der Waals surface area (Å²) in [5.74, 6) is 1.32. The summed E-state index contributed by atoms with van der Waals surface area (Å²) in [5.41, 5.74) is 11.9. The van der Waals surface area contributed by atoms with Crippen molar-refractivity contribution in [1.29, 1.82) is 0 Å². The predicted octanol–water partition coefficient (Wildman–Crippen LogP) is 16.4. The van der Waals surface area contributed by atoms with Crippen molar-refractivity contribution in [1.82, 2.24) is 24.5 Å². The van der Waals surface area contributed by atoms with Gasteiger partial charge in [0.2, 0.25) is 11.9 Å². The van der Waals surface area contributed by atoms with Gasteiger partial charge in [0.1, 0.15) is 0 Å². The molecule has 1 aliphatic carbocycles. The third-order valence-electron chi connectivity index (χ3n) is 14.9. The lowest BCUT2D eigenvalue weighted by Gasteiger charge is -2.28. The van der Waals surface area contributed by atoms with Gasteiger partial charge in [-0.25, -0.2) is 19.9 Å². The first-order valence-corrected chi connectivity index (χ1v) is 24.6. The van der Waals surface area contributed by atoms with Crippen LogP contribution in [0.3, 0.4) is 0 Å². The number of rotatable bonds is 6. The average Bonchev–Trinajstić information content (AvgIpc) is 3.97. The molecular weight excluding hydrogens is 877 g/mol. The third kappa shape index (κ3) is 6.50. The zero-order valence-corrected chi connectivity index (χ0v) is 38.9. The van der Waals surface area contributed by atoms with E-state index in [4.69, 9.17) is 19.9 Å². The van der Waals surface area contributed by atoms with E-state index in [1.54, 1.807) is 0 Å². The Morgan fingerprint density at radius 2 is 0.750 bits per heavy atom. The van der Waals surface area contributed by atoms with Crippen LogP contribution in [-0.2, 0) is 0 Å². The Balaban J connectivity index is 0.978. The van der Waals surface area contributed by atoms with Crippen LogP contribution < -0.4 is 4.90 Å². The Kier molecular flexibility index (Phi) is 8.98. The number of aromatic nitrogens is 5. The second-order valence-corrected chi connectivity index (χ2v) is 19.0. The normalized spacial score (nSPS) is 15.1. The molecule has 0 saturated carbocycles. The second-order valence-electron chi connectivity index (χ2n) is 19.0. The maximum atomic E-state index is 5.58. The number of para-hydroxylation sites is 1. The Morgan fingerprint density at radius 3 is 1.24 bits per heavy atom. The third-order valence-corrected chi connectivity index (χ3v) is 14.9. The second kappa shape index (κ2) is 16.0. The molecule has 72 heavy (non-hydrogen) atoms. The molecule has 1 aliphatic heterocycles. The molecule has 0 spiro atoms. The van der Waals surface area contributed by atoms with Crippen molar-refractivity contribution in [2.75, 3.05) is 4.90 Å². The van der Waals surface area contributed by atoms with Gasteiger partial charge < -0.3 is 4.90 Å². The first-order chi connectivity index (χ1) is 35.6. The molecule has 336 valence electrons. The summed E-state index contributed by atoms with van der Waals surface area (Å²) in [6, 6.07) is 78.0. The number of allylic oxidation sites excluding steroid dienone is 2. The largest absolute Gasteiger partial charge is 0.302 e. The number of anilines is 2. The zero-order valence-electron chi connectivity index (χ0n) is 38.9. The molecule has 0 fully saturated rings. The maximum absolute atomic E-state index is 5.58. The Morgan fingerprint density at radius 1 is 0.333 bits per heavy atom. The molecule has 13 aromatic rings. The van der Waals surface area contributed by atoms with Crippen molar-refractivity contribution in [2.45, 2.75) is 12.0 Å². The summed E-state index contributed by atoms with van der Waals surface area (Å²) in [6.45, 7) is 0. The van der Waals surface area contributed by atoms with Crippen LogP contribution in [-0.4, -0.2) is 30.5 Å². The van der Waals surface area contributed by atoms with Crippen LogP contribution in [0.1, 0.15) is 11.5 Å². The highest BCUT2D eigenvalue weighted by Crippen LogP contribution is 2.53. The smallest absolute Gasteiger partial charge is 0.235 e. The van der Waals surface area contributed by atoms with Crippen molar-refractivity contribution < 1.29 is 0 Å². The van der Waals surface area contributed by atoms with E-state index in [1.165, 1.54) is 37.9 Å². The first kappa shape index (κ1) is 40.4. The fourth-order valence-electron chi connectivity index (χ4n) is 11.4. The van der Waals surface area contributed by atoms with Crippen LogP contribution in [0.2, 0.25) is 0 Å². The number of benzene rings is 10. The molecule has 15 rings (SSSR count). The van der Waals surface area contributed by atoms with Crippen molar-refractivity contribution in [3.63, 3.8) is 0 Å². The van der Waals surface area contributed by atoms with Crippen molar-refractivity contribution in [2.24, 2.45) is 0 Å². The summed E-state index contributed by atoms with van der Waals surface area (Å²) in [5, 5.41) is 11.6. The van der Waals surface area contributed by atoms with E-state index < -0.39 is 0 Å². The van der Waals surface area contributed by atoms with Gasteiger partial charge in [-0.15, -0.1) is 0 Å². The highest BCUT2D eigenvalue weighted by Gasteiger charge is 2.41. The van der Waals surface area contributed by atoms with Gasteiger partial charge in [0.05, 0.1) is 45.5 Å². The molecule has 4 heterocycles. The quantitative estimate of drug-likeness (QED) is 0.166. The number of hydrogen-bond donors (Lipinski definition) is 0. The van der Waals surface area contributed by atoms with Crippen molar-refractivity contribution >= 4 is 76.5 Å². The van der Waals surface area contributed by atoms with Crippen LogP contribution in [0, 0.1) is 0 Å². The molecule has 0 N–H and O–H groups in total. The van der Waals surface area contributed by atoms with Gasteiger partial charge >= 0.3 is 0 Å². The molecule has 0 saturated heterocycles. The highest BCUT2D eigenvalue weighted by molar-refractivity contribution is 6.17. The van der Waals surface area contributed by atoms with E-state index in [0.717, 1.165) is 83.3 Å². The van der Waals surface area contributed by atoms with Gasteiger partial charge in [0, 0.05) is 38.9 Å². The maximum Gasteiger partial charge on any atom is 0.235 e. The van der Waals surface area contributed by atoms with Crippen molar-refractivity contribution in [3.8, 4) is 51.0 Å². The molecule has 0 radical (unpaired) electrons. The van der Waals surface area contributed by atoms with Crippen LogP contribution in [0.15, 0.2) is 243 Å². The fourth-order valence-corrected chi connectivity index (χ4v) is 11.4. The molecule has 0 bridgehead atoms. The van der Waals surface area contributed by atoms with Gasteiger partial charge in [-0.1, -0.05) is 194 Å². The molecule has 10 aromatic carbocycles. The molecule has 0 amide bonds. The number of fused-ring (bicyclic) bond motifs is 11. The molecular formula is C66H42N6. The predicted molar refractivity (Wildman–Crippen MR) is 297 cm³/mol. The van der Waals surface area contributed by atoms with Crippen LogP contribution >= 0.6 is 0 Å². The highest BCUT2D eigenvalue weighted by atomic mass is 15.3. The number of nitrogens with zero attached hydrogens (tertiary/aromatic N) is 6. The molecule has 6 heteroatoms. The molecule has 3 aromatic heterocycles. The Hall–Kier alpha value is -9.52. The Labute approximate surface area is 415 Å². The first-order valence-electron chi connectivity index (χ1n) is 24.6. The monoisotopic (exact) mass is 918 g/mol. The molecule has 2 aliphatic rings. The minimum atomic E-state index is -0.0685. The van der Waals surface area contributed by atoms with E-state index in [1.807, 2.05) is 0 Å². The zero-order chi connectivity index (χ0) is 47.3. The molecule has 2 unspecified atom stereocenters. The fraction of sp³-hybridized carbons (Fsp3) is 0.0303. The van der Waals surface area contributed by atoms with Crippen molar-refractivity contribution in [3.05, 3.63) is 248 Å². The van der Waals surface area contributed by atoms with Gasteiger partial charge in [-0.2, -0.15) is 0 Å². The standard InChI is InChI=1S/C66H42N6/c1-5-17-45-35-49(29-25-41(45)13-1)56-39-57(50-30-26-42-14-2-6-18-46(42)36-50)68-65(67-56)71-61-24-12-10-22-55(61)63-62(71)34-33-54-53-21-9-11-23-60(53)72(64(54)63)66-69-58(51-31-27-43-15-3-7-19-47(43)37-51)40-59(70-66)52-32-28-44-16-4-8-20-48(44)38-52/h1-40,53,60H. The number of hydrogen-bond acceptors (Lipinski definition) is 5. The summed E-state index contributed by atoms with van der Waals surface area (Å²) < 4.78 is 2.26. The van der Waals surface area contributed by atoms with E-state index in [-0.39, 0.29) is 12.0 Å². The SMILES string of the molecule is C1=CC2c3ccc4c(c3N(c3nc(-c5ccc6ccccc6c5)cc(-c5ccc6ccccc6c5)n3)C2C=C1)c1ccccc1n4-c1nc(-c2ccc3ccccc3c2)cc(-c2ccc3ccccc3c2)n1. The van der Waals surface area contributed by atoms with Gasteiger partial charge in [0.15, 0.2) is 0 Å². The lowest BCUT2D eigenvalue weighted by atomic mass is 9.91. The van der Waals surface area contributed by atoms with Crippen LogP contribution in [0.4, 0.5) is 11.6 Å². The van der Waals surface area contributed by atoms with Crippen LogP contribution in [0.25, 0.3) is 116 Å². The Bertz CT molecular complexity index is 4250. The summed E-state index contributed by atoms with van der Waals surface area (Å²) in [4.78, 5) is 24.6. The summed E-state index contributed by atoms with van der Waals surface area (Å²) in [6.07, 6.45) is 8.98. The molecule has 2 atom stereocenters. The summed E-state index contributed by atoms with van der Waals surface area (Å²) in [7, 11) is 0. The molecule has 6 nitrogen and oxygen atoms in total. The van der Waals surface area contributed by atoms with E-state index in [9.17, 15) is 0 Å². The van der Waals surface area contributed by atoms with E-state index in [2.05, 4.69) is 252 Å². The lowest BCUT2D eigenvalue weighted by Crippen LogP contribution is -2.30. The topological polar surface area (TPSA) is 59.7 Å². The average molecular weight is 919 g/mol. The van der Waals surface area contributed by atoms with E-state index in [0.29, 0.717) is 11.9 Å².